The number of carbonyl (C=O) groups is 1. The van der Waals surface area contributed by atoms with Gasteiger partial charge in [0.15, 0.2) is 0 Å². The molecule has 2 N–H and O–H groups in total. The lowest BCUT2D eigenvalue weighted by Crippen LogP contribution is -2.51. The molecule has 1 saturated carbocycles. The highest BCUT2D eigenvalue weighted by Crippen LogP contribution is 2.34. The highest BCUT2D eigenvalue weighted by molar-refractivity contribution is 7.89. The second-order valence-corrected chi connectivity index (χ2v) is 10.8. The van der Waals surface area contributed by atoms with Gasteiger partial charge in [-0.05, 0) is 56.5 Å². The van der Waals surface area contributed by atoms with Crippen LogP contribution in [0.1, 0.15) is 30.7 Å². The highest BCUT2D eigenvalue weighted by Gasteiger charge is 2.38. The van der Waals surface area contributed by atoms with Crippen molar-refractivity contribution in [2.24, 2.45) is 5.92 Å². The van der Waals surface area contributed by atoms with Gasteiger partial charge in [-0.15, -0.1) is 0 Å². The molecule has 9 nitrogen and oxygen atoms in total. The molecule has 0 spiro atoms. The van der Waals surface area contributed by atoms with Crippen LogP contribution in [-0.2, 0) is 14.8 Å². The largest absolute Gasteiger partial charge is 0.361 e. The summed E-state index contributed by atoms with van der Waals surface area (Å²) in [6.45, 7) is 6.47. The molecule has 180 valence electrons. The number of hydrogen-bond donors (Lipinski definition) is 2. The van der Waals surface area contributed by atoms with Gasteiger partial charge in [-0.1, -0.05) is 11.6 Å². The van der Waals surface area contributed by atoms with E-state index in [2.05, 4.69) is 20.2 Å². The summed E-state index contributed by atoms with van der Waals surface area (Å²) in [5.74, 6) is 0.312. The Morgan fingerprint density at radius 3 is 2.74 bits per heavy atom. The van der Waals surface area contributed by atoms with Crippen LogP contribution in [0.25, 0.3) is 22.0 Å². The number of amides is 1. The van der Waals surface area contributed by atoms with E-state index in [0.29, 0.717) is 53.9 Å². The van der Waals surface area contributed by atoms with Gasteiger partial charge in [0.2, 0.25) is 15.9 Å². The molecular formula is C24H29N5O4S. The molecule has 2 atom stereocenters. The number of nitrogens with one attached hydrogen (secondary N) is 2. The van der Waals surface area contributed by atoms with Crippen LogP contribution in [0.4, 0.5) is 0 Å². The molecule has 3 aromatic rings. The van der Waals surface area contributed by atoms with E-state index in [9.17, 15) is 13.2 Å². The molecular weight excluding hydrogens is 454 g/mol. The maximum Gasteiger partial charge on any atom is 0.241 e. The molecule has 0 unspecified atom stereocenters. The summed E-state index contributed by atoms with van der Waals surface area (Å²) >= 11 is 0. The number of carbonyl (C=O) groups excluding carboxylic acids is 1. The van der Waals surface area contributed by atoms with Gasteiger partial charge in [0, 0.05) is 49.4 Å². The van der Waals surface area contributed by atoms with Crippen LogP contribution in [0.2, 0.25) is 0 Å². The number of piperazine rings is 1. The van der Waals surface area contributed by atoms with Crippen LogP contribution in [0.3, 0.4) is 0 Å². The molecule has 0 radical (unpaired) electrons. The Morgan fingerprint density at radius 1 is 1.21 bits per heavy atom. The molecule has 2 fully saturated rings. The van der Waals surface area contributed by atoms with Gasteiger partial charge >= 0.3 is 0 Å². The SMILES string of the molecule is Cc1noc(C)c1-c1cc(S(=O)(=O)N[C@@H]2CCC[C@H]2C(=O)N2CCNCC2)c2cccnc2c1. The van der Waals surface area contributed by atoms with E-state index in [0.717, 1.165) is 25.1 Å². The molecule has 1 aromatic carbocycles. The van der Waals surface area contributed by atoms with Crippen molar-refractivity contribution in [3.63, 3.8) is 0 Å². The van der Waals surface area contributed by atoms with E-state index >= 15 is 0 Å². The zero-order chi connectivity index (χ0) is 23.9. The fourth-order valence-electron chi connectivity index (χ4n) is 5.19. The Kier molecular flexibility index (Phi) is 6.13. The van der Waals surface area contributed by atoms with Crippen molar-refractivity contribution in [2.75, 3.05) is 26.2 Å². The maximum absolute atomic E-state index is 13.7. The summed E-state index contributed by atoms with van der Waals surface area (Å²) in [6.07, 6.45) is 3.79. The van der Waals surface area contributed by atoms with Crippen molar-refractivity contribution < 1.29 is 17.7 Å². The number of hydrogen-bond acceptors (Lipinski definition) is 7. The highest BCUT2D eigenvalue weighted by atomic mass is 32.2. The minimum atomic E-state index is -3.93. The summed E-state index contributed by atoms with van der Waals surface area (Å²) in [4.78, 5) is 19.6. The van der Waals surface area contributed by atoms with Gasteiger partial charge in [0.25, 0.3) is 0 Å². The van der Waals surface area contributed by atoms with Gasteiger partial charge < -0.3 is 14.7 Å². The Hall–Kier alpha value is -2.82. The van der Waals surface area contributed by atoms with E-state index < -0.39 is 16.1 Å². The topological polar surface area (TPSA) is 117 Å². The van der Waals surface area contributed by atoms with E-state index in [1.807, 2.05) is 17.9 Å². The Labute approximate surface area is 199 Å². The first kappa shape index (κ1) is 22.9. The molecule has 2 aromatic heterocycles. The van der Waals surface area contributed by atoms with Crippen molar-refractivity contribution in [1.82, 2.24) is 25.1 Å². The van der Waals surface area contributed by atoms with Crippen molar-refractivity contribution in [2.45, 2.75) is 44.0 Å². The van der Waals surface area contributed by atoms with Crippen LogP contribution in [0.5, 0.6) is 0 Å². The first-order chi connectivity index (χ1) is 16.3. The first-order valence-electron chi connectivity index (χ1n) is 11.7. The van der Waals surface area contributed by atoms with Gasteiger partial charge in [0.05, 0.1) is 22.0 Å². The van der Waals surface area contributed by atoms with Crippen LogP contribution in [-0.4, -0.2) is 61.6 Å². The minimum Gasteiger partial charge on any atom is -0.361 e. The third-order valence-corrected chi connectivity index (χ3v) is 8.39. The number of aryl methyl sites for hydroxylation is 2. The third kappa shape index (κ3) is 4.21. The zero-order valence-corrected chi connectivity index (χ0v) is 20.2. The molecule has 2 aliphatic rings. The van der Waals surface area contributed by atoms with Crippen LogP contribution >= 0.6 is 0 Å². The molecule has 5 rings (SSSR count). The van der Waals surface area contributed by atoms with Crippen LogP contribution in [0, 0.1) is 19.8 Å². The normalized spacial score (nSPS) is 21.3. The number of fused-ring (bicyclic) bond motifs is 1. The molecule has 1 aliphatic carbocycles. The lowest BCUT2D eigenvalue weighted by molar-refractivity contribution is -0.136. The fourth-order valence-corrected chi connectivity index (χ4v) is 6.74. The van der Waals surface area contributed by atoms with E-state index in [4.69, 9.17) is 4.52 Å². The zero-order valence-electron chi connectivity index (χ0n) is 19.4. The predicted molar refractivity (Wildman–Crippen MR) is 128 cm³/mol. The minimum absolute atomic E-state index is 0.0442. The summed E-state index contributed by atoms with van der Waals surface area (Å²) in [6, 6.07) is 6.56. The predicted octanol–water partition coefficient (Wildman–Crippen LogP) is 2.39. The van der Waals surface area contributed by atoms with Gasteiger partial charge in [-0.25, -0.2) is 13.1 Å². The number of aromatic nitrogens is 2. The molecule has 0 bridgehead atoms. The quantitative estimate of drug-likeness (QED) is 0.572. The Balaban J connectivity index is 1.50. The number of benzene rings is 1. The number of sulfonamides is 1. The Morgan fingerprint density at radius 2 is 2.00 bits per heavy atom. The fraction of sp³-hybridized carbons (Fsp3) is 0.458. The average molecular weight is 484 g/mol. The first-order valence-corrected chi connectivity index (χ1v) is 13.2. The van der Waals surface area contributed by atoms with Crippen LogP contribution in [0.15, 0.2) is 39.9 Å². The second-order valence-electron chi connectivity index (χ2n) is 9.08. The standard InChI is InChI=1S/C24H29N5O4S/c1-15-23(16(2)33-27-15)17-13-21-18(6-4-8-26-21)22(14-17)34(31,32)28-20-7-3-5-19(20)24(30)29-11-9-25-10-12-29/h4,6,8,13-14,19-20,25,28H,3,5,7,9-12H2,1-2H3/t19-,20-/m1/s1. The monoisotopic (exact) mass is 483 g/mol. The van der Waals surface area contributed by atoms with E-state index in [1.165, 1.54) is 0 Å². The van der Waals surface area contributed by atoms with Crippen LogP contribution < -0.4 is 10.0 Å². The van der Waals surface area contributed by atoms with Crippen molar-refractivity contribution in [1.29, 1.82) is 0 Å². The summed E-state index contributed by atoms with van der Waals surface area (Å²) in [5, 5.41) is 7.80. The summed E-state index contributed by atoms with van der Waals surface area (Å²) in [5.41, 5.74) is 2.70. The maximum atomic E-state index is 13.7. The second kappa shape index (κ2) is 9.09. The van der Waals surface area contributed by atoms with Gasteiger partial charge in [0.1, 0.15) is 5.76 Å². The van der Waals surface area contributed by atoms with Crippen molar-refractivity contribution in [3.8, 4) is 11.1 Å². The average Bonchev–Trinajstić information content (AvgIpc) is 3.43. The number of pyridine rings is 1. The molecule has 10 heteroatoms. The molecule has 1 aliphatic heterocycles. The van der Waals surface area contributed by atoms with Crippen molar-refractivity contribution in [3.05, 3.63) is 41.9 Å². The lowest BCUT2D eigenvalue weighted by Gasteiger charge is -2.31. The summed E-state index contributed by atoms with van der Waals surface area (Å²) in [7, 11) is -3.93. The molecule has 1 saturated heterocycles. The van der Waals surface area contributed by atoms with Gasteiger partial charge in [-0.3, -0.25) is 9.78 Å². The van der Waals surface area contributed by atoms with E-state index in [-0.39, 0.29) is 16.7 Å². The lowest BCUT2D eigenvalue weighted by atomic mass is 10.0. The molecule has 34 heavy (non-hydrogen) atoms. The number of nitrogens with zero attached hydrogens (tertiary/aromatic N) is 3. The number of rotatable bonds is 5. The van der Waals surface area contributed by atoms with Crippen molar-refractivity contribution >= 4 is 26.8 Å². The third-order valence-electron chi connectivity index (χ3n) is 6.86. The summed E-state index contributed by atoms with van der Waals surface area (Å²) < 4.78 is 35.6. The molecule has 3 heterocycles. The Bertz CT molecular complexity index is 1310. The molecule has 1 amide bonds. The smallest absolute Gasteiger partial charge is 0.241 e. The van der Waals surface area contributed by atoms with E-state index in [1.54, 1.807) is 31.3 Å². The van der Waals surface area contributed by atoms with Gasteiger partial charge in [-0.2, -0.15) is 0 Å².